The van der Waals surface area contributed by atoms with Crippen LogP contribution in [0.1, 0.15) is 26.4 Å². The van der Waals surface area contributed by atoms with E-state index < -0.39 is 10.0 Å². The number of amides is 1. The van der Waals surface area contributed by atoms with E-state index in [1.54, 1.807) is 37.1 Å². The van der Waals surface area contributed by atoms with Gasteiger partial charge in [0.1, 0.15) is 5.75 Å². The first-order valence-electron chi connectivity index (χ1n) is 9.49. The number of methoxy groups -OCH3 is 1. The Hall–Kier alpha value is -2.84. The fourth-order valence-corrected chi connectivity index (χ4v) is 5.41. The number of fused-ring (bicyclic) bond motifs is 1. The van der Waals surface area contributed by atoms with Gasteiger partial charge in [0.15, 0.2) is 0 Å². The molecule has 0 spiro atoms. The van der Waals surface area contributed by atoms with Gasteiger partial charge in [-0.2, -0.15) is 0 Å². The van der Waals surface area contributed by atoms with Crippen molar-refractivity contribution in [3.8, 4) is 5.75 Å². The molecule has 1 amide bonds. The van der Waals surface area contributed by atoms with Gasteiger partial charge in [0.25, 0.3) is 15.9 Å². The lowest BCUT2D eigenvalue weighted by atomic mass is 9.99. The van der Waals surface area contributed by atoms with E-state index in [2.05, 4.69) is 4.72 Å². The summed E-state index contributed by atoms with van der Waals surface area (Å²) in [7, 11) is -2.19. The Kier molecular flexibility index (Phi) is 5.53. The molecule has 156 valence electrons. The van der Waals surface area contributed by atoms with E-state index in [-0.39, 0.29) is 10.8 Å². The highest BCUT2D eigenvalue weighted by Crippen LogP contribution is 2.27. The normalized spacial score (nSPS) is 13.6. The van der Waals surface area contributed by atoms with Crippen molar-refractivity contribution >= 4 is 33.0 Å². The maximum atomic E-state index is 12.8. The quantitative estimate of drug-likeness (QED) is 0.646. The summed E-state index contributed by atoms with van der Waals surface area (Å²) in [6.45, 7) is 2.92. The number of hydrogen-bond donors (Lipinski definition) is 1. The van der Waals surface area contributed by atoms with Gasteiger partial charge in [-0.05, 0) is 71.8 Å². The second-order valence-electron chi connectivity index (χ2n) is 7.17. The number of benzene rings is 2. The first-order valence-corrected chi connectivity index (χ1v) is 11.9. The van der Waals surface area contributed by atoms with Crippen LogP contribution >= 0.6 is 11.3 Å². The third-order valence-electron chi connectivity index (χ3n) is 5.17. The average molecular weight is 443 g/mol. The second-order valence-corrected chi connectivity index (χ2v) is 9.80. The molecule has 2 aromatic carbocycles. The van der Waals surface area contributed by atoms with Crippen molar-refractivity contribution in [1.82, 2.24) is 4.90 Å². The van der Waals surface area contributed by atoms with E-state index in [9.17, 15) is 13.2 Å². The van der Waals surface area contributed by atoms with Crippen molar-refractivity contribution in [3.63, 3.8) is 0 Å². The lowest BCUT2D eigenvalue weighted by Crippen LogP contribution is -2.35. The maximum Gasteiger partial charge on any atom is 0.264 e. The van der Waals surface area contributed by atoms with Crippen LogP contribution in [0, 0.1) is 6.92 Å². The molecule has 0 unspecified atom stereocenters. The molecule has 0 bridgehead atoms. The number of carbonyl (C=O) groups is 1. The van der Waals surface area contributed by atoms with Gasteiger partial charge >= 0.3 is 0 Å². The van der Waals surface area contributed by atoms with Gasteiger partial charge in [0.05, 0.1) is 16.9 Å². The lowest BCUT2D eigenvalue weighted by molar-refractivity contribution is 0.0739. The first-order chi connectivity index (χ1) is 14.4. The van der Waals surface area contributed by atoms with Crippen molar-refractivity contribution in [2.24, 2.45) is 0 Å². The number of thiophene rings is 1. The standard InChI is InChI=1S/C22H22N2O4S2/c1-15-12-19(7-8-20(15)28-2)30(26,27)23-18-6-5-16-9-10-24(14-17(16)13-18)22(25)21-4-3-11-29-21/h3-8,11-13,23H,9-10,14H2,1-2H3. The van der Waals surface area contributed by atoms with Gasteiger partial charge in [-0.15, -0.1) is 11.3 Å². The van der Waals surface area contributed by atoms with Crippen LogP contribution in [-0.2, 0) is 23.0 Å². The van der Waals surface area contributed by atoms with Gasteiger partial charge in [0, 0.05) is 18.8 Å². The van der Waals surface area contributed by atoms with Gasteiger partial charge in [0.2, 0.25) is 0 Å². The summed E-state index contributed by atoms with van der Waals surface area (Å²) >= 11 is 1.43. The number of nitrogens with one attached hydrogen (secondary N) is 1. The van der Waals surface area contributed by atoms with E-state index in [0.29, 0.717) is 29.4 Å². The largest absolute Gasteiger partial charge is 0.496 e. The number of nitrogens with zero attached hydrogens (tertiary/aromatic N) is 1. The summed E-state index contributed by atoms with van der Waals surface area (Å²) in [4.78, 5) is 15.4. The van der Waals surface area contributed by atoms with Crippen LogP contribution in [0.15, 0.2) is 58.8 Å². The third kappa shape index (κ3) is 4.06. The molecule has 0 saturated carbocycles. The fourth-order valence-electron chi connectivity index (χ4n) is 3.58. The van der Waals surface area contributed by atoms with Gasteiger partial charge < -0.3 is 9.64 Å². The van der Waals surface area contributed by atoms with Gasteiger partial charge in [-0.25, -0.2) is 8.42 Å². The minimum absolute atomic E-state index is 0.00958. The molecule has 30 heavy (non-hydrogen) atoms. The minimum Gasteiger partial charge on any atom is -0.496 e. The summed E-state index contributed by atoms with van der Waals surface area (Å²) < 4.78 is 33.5. The average Bonchev–Trinajstić information content (AvgIpc) is 3.27. The van der Waals surface area contributed by atoms with Gasteiger partial charge in [-0.3, -0.25) is 9.52 Å². The Balaban J connectivity index is 1.55. The number of sulfonamides is 1. The number of hydrogen-bond acceptors (Lipinski definition) is 5. The highest BCUT2D eigenvalue weighted by molar-refractivity contribution is 7.92. The molecule has 6 nitrogen and oxygen atoms in total. The van der Waals surface area contributed by atoms with Gasteiger partial charge in [-0.1, -0.05) is 12.1 Å². The van der Waals surface area contributed by atoms with Crippen molar-refractivity contribution in [1.29, 1.82) is 0 Å². The molecule has 4 rings (SSSR count). The molecule has 3 aromatic rings. The minimum atomic E-state index is -3.74. The molecule has 1 aromatic heterocycles. The Labute approximate surface area is 180 Å². The summed E-state index contributed by atoms with van der Waals surface area (Å²) in [5, 5.41) is 1.89. The highest BCUT2D eigenvalue weighted by Gasteiger charge is 2.23. The Morgan fingerprint density at radius 3 is 2.67 bits per heavy atom. The topological polar surface area (TPSA) is 75.7 Å². The van der Waals surface area contributed by atoms with E-state index in [1.165, 1.54) is 17.4 Å². The predicted molar refractivity (Wildman–Crippen MR) is 118 cm³/mol. The van der Waals surface area contributed by atoms with Crippen LogP contribution in [0.2, 0.25) is 0 Å². The molecule has 0 aliphatic carbocycles. The van der Waals surface area contributed by atoms with Crippen molar-refractivity contribution in [2.75, 3.05) is 18.4 Å². The Bertz CT molecular complexity index is 1190. The second kappa shape index (κ2) is 8.12. The zero-order chi connectivity index (χ0) is 21.3. The number of aryl methyl sites for hydroxylation is 1. The zero-order valence-corrected chi connectivity index (χ0v) is 18.3. The molecule has 8 heteroatoms. The van der Waals surface area contributed by atoms with E-state index in [4.69, 9.17) is 4.74 Å². The lowest BCUT2D eigenvalue weighted by Gasteiger charge is -2.29. The van der Waals surface area contributed by atoms with Crippen molar-refractivity contribution in [3.05, 3.63) is 75.5 Å². The van der Waals surface area contributed by atoms with Crippen LogP contribution in [0.4, 0.5) is 5.69 Å². The zero-order valence-electron chi connectivity index (χ0n) is 16.7. The van der Waals surface area contributed by atoms with E-state index >= 15 is 0 Å². The molecule has 2 heterocycles. The third-order valence-corrected chi connectivity index (χ3v) is 7.40. The number of rotatable bonds is 5. The molecule has 0 radical (unpaired) electrons. The Morgan fingerprint density at radius 1 is 1.13 bits per heavy atom. The Morgan fingerprint density at radius 2 is 1.97 bits per heavy atom. The number of ether oxygens (including phenoxy) is 1. The van der Waals surface area contributed by atoms with E-state index in [1.807, 2.05) is 29.6 Å². The van der Waals surface area contributed by atoms with Crippen molar-refractivity contribution in [2.45, 2.75) is 24.8 Å². The predicted octanol–water partition coefficient (Wildman–Crippen LogP) is 4.06. The smallest absolute Gasteiger partial charge is 0.264 e. The summed E-state index contributed by atoms with van der Waals surface area (Å²) in [6, 6.07) is 14.0. The molecule has 0 atom stereocenters. The molecule has 0 saturated heterocycles. The maximum absolute atomic E-state index is 12.8. The SMILES string of the molecule is COc1ccc(S(=O)(=O)Nc2ccc3c(c2)CN(C(=O)c2cccs2)CC3)cc1C. The summed E-state index contributed by atoms with van der Waals surface area (Å²) in [5.74, 6) is 0.647. The molecular formula is C22H22N2O4S2. The van der Waals surface area contributed by atoms with E-state index in [0.717, 1.165) is 23.1 Å². The van der Waals surface area contributed by atoms with Crippen LogP contribution in [0.5, 0.6) is 5.75 Å². The van der Waals surface area contributed by atoms with Crippen molar-refractivity contribution < 1.29 is 17.9 Å². The molecule has 1 N–H and O–H groups in total. The molecule has 0 fully saturated rings. The molecular weight excluding hydrogens is 420 g/mol. The van der Waals surface area contributed by atoms with Crippen LogP contribution in [0.3, 0.4) is 0 Å². The highest BCUT2D eigenvalue weighted by atomic mass is 32.2. The number of carbonyl (C=O) groups excluding carboxylic acids is 1. The first kappa shape index (κ1) is 20.4. The fraction of sp³-hybridized carbons (Fsp3) is 0.227. The molecule has 1 aliphatic heterocycles. The summed E-state index contributed by atoms with van der Waals surface area (Å²) in [6.07, 6.45) is 0.747. The number of anilines is 1. The van der Waals surface area contributed by atoms with Crippen LogP contribution in [0.25, 0.3) is 0 Å². The summed E-state index contributed by atoms with van der Waals surface area (Å²) in [5.41, 5.74) is 3.31. The van der Waals surface area contributed by atoms with Crippen LogP contribution < -0.4 is 9.46 Å². The monoisotopic (exact) mass is 442 g/mol. The molecule has 1 aliphatic rings. The van der Waals surface area contributed by atoms with Crippen LogP contribution in [-0.4, -0.2) is 32.9 Å².